The first-order valence-corrected chi connectivity index (χ1v) is 5.21. The maximum absolute atomic E-state index is 12.8. The fourth-order valence-corrected chi connectivity index (χ4v) is 1.38. The van der Waals surface area contributed by atoms with Gasteiger partial charge in [-0.1, -0.05) is 0 Å². The van der Waals surface area contributed by atoms with Crippen LogP contribution in [-0.2, 0) is 0 Å². The molecule has 0 saturated carbocycles. The van der Waals surface area contributed by atoms with E-state index in [-0.39, 0.29) is 5.82 Å². The van der Waals surface area contributed by atoms with E-state index >= 15 is 0 Å². The zero-order valence-electron chi connectivity index (χ0n) is 9.63. The Labute approximate surface area is 95.5 Å². The summed E-state index contributed by atoms with van der Waals surface area (Å²) in [5.74, 6) is -0.379. The minimum absolute atomic E-state index is 0.352. The van der Waals surface area contributed by atoms with Crippen LogP contribution in [0.1, 0.15) is 12.0 Å². The molecule has 0 heterocycles. The maximum Gasteiger partial charge on any atom is 0.124 e. The van der Waals surface area contributed by atoms with Crippen molar-refractivity contribution in [2.45, 2.75) is 6.42 Å². The highest BCUT2D eigenvalue weighted by Gasteiger charge is 2.02. The number of halogens is 1. The van der Waals surface area contributed by atoms with Crippen molar-refractivity contribution in [3.63, 3.8) is 0 Å². The lowest BCUT2D eigenvalue weighted by molar-refractivity contribution is 0.405. The summed E-state index contributed by atoms with van der Waals surface area (Å²) in [6.45, 7) is 1.76. The van der Waals surface area contributed by atoms with Gasteiger partial charge in [0, 0.05) is 6.54 Å². The fourth-order valence-electron chi connectivity index (χ4n) is 1.38. The Morgan fingerprint density at radius 2 is 2.19 bits per heavy atom. The van der Waals surface area contributed by atoms with Gasteiger partial charge in [0.2, 0.25) is 0 Å². The molecule has 0 aromatic heterocycles. The predicted octanol–water partition coefficient (Wildman–Crippen LogP) is 2.06. The quantitative estimate of drug-likeness (QED) is 0.773. The number of rotatable bonds is 5. The first kappa shape index (κ1) is 12.5. The van der Waals surface area contributed by atoms with E-state index in [0.717, 1.165) is 19.5 Å². The van der Waals surface area contributed by atoms with Crippen molar-refractivity contribution in [1.29, 1.82) is 5.26 Å². The first-order valence-electron chi connectivity index (χ1n) is 5.21. The highest BCUT2D eigenvalue weighted by molar-refractivity contribution is 5.57. The first-order chi connectivity index (χ1) is 7.63. The number of hydrogen-bond acceptors (Lipinski definition) is 3. The molecule has 1 N–H and O–H groups in total. The van der Waals surface area contributed by atoms with Gasteiger partial charge in [-0.2, -0.15) is 5.26 Å². The van der Waals surface area contributed by atoms with Gasteiger partial charge in [-0.15, -0.1) is 0 Å². The normalized spacial score (nSPS) is 10.2. The van der Waals surface area contributed by atoms with Crippen LogP contribution in [0.25, 0.3) is 0 Å². The Bertz CT molecular complexity index is 382. The van der Waals surface area contributed by atoms with Crippen LogP contribution in [0.2, 0.25) is 0 Å². The van der Waals surface area contributed by atoms with Crippen LogP contribution >= 0.6 is 0 Å². The second-order valence-electron chi connectivity index (χ2n) is 3.89. The van der Waals surface area contributed by atoms with Gasteiger partial charge < -0.3 is 10.2 Å². The van der Waals surface area contributed by atoms with E-state index in [2.05, 4.69) is 10.2 Å². The molecular formula is C12H16FN3. The fraction of sp³-hybridized carbons (Fsp3) is 0.417. The highest BCUT2D eigenvalue weighted by Crippen LogP contribution is 2.15. The van der Waals surface area contributed by atoms with Gasteiger partial charge >= 0.3 is 0 Å². The van der Waals surface area contributed by atoms with Gasteiger partial charge in [0.1, 0.15) is 11.9 Å². The predicted molar refractivity (Wildman–Crippen MR) is 62.8 cm³/mol. The molecule has 1 rings (SSSR count). The number of anilines is 1. The molecule has 0 aliphatic heterocycles. The van der Waals surface area contributed by atoms with E-state index in [1.165, 1.54) is 12.1 Å². The minimum atomic E-state index is -0.379. The smallest absolute Gasteiger partial charge is 0.124 e. The summed E-state index contributed by atoms with van der Waals surface area (Å²) in [6, 6.07) is 6.17. The lowest BCUT2D eigenvalue weighted by Crippen LogP contribution is -2.16. The third-order valence-corrected chi connectivity index (χ3v) is 2.20. The summed E-state index contributed by atoms with van der Waals surface area (Å²) >= 11 is 0. The van der Waals surface area contributed by atoms with Gasteiger partial charge in [0.25, 0.3) is 0 Å². The Kier molecular flexibility index (Phi) is 4.74. The van der Waals surface area contributed by atoms with E-state index in [1.807, 2.05) is 20.2 Å². The molecule has 4 heteroatoms. The molecule has 0 aliphatic carbocycles. The van der Waals surface area contributed by atoms with Crippen molar-refractivity contribution in [2.24, 2.45) is 0 Å². The molecule has 0 saturated heterocycles. The number of nitrogens with zero attached hydrogens (tertiary/aromatic N) is 2. The van der Waals surface area contributed by atoms with Gasteiger partial charge in [-0.05, 0) is 45.3 Å². The Hall–Kier alpha value is -1.60. The second kappa shape index (κ2) is 6.09. The second-order valence-corrected chi connectivity index (χ2v) is 3.89. The summed E-state index contributed by atoms with van der Waals surface area (Å²) < 4.78 is 12.8. The van der Waals surface area contributed by atoms with Crippen molar-refractivity contribution in [3.05, 3.63) is 29.6 Å². The molecule has 0 atom stereocenters. The lowest BCUT2D eigenvalue weighted by Gasteiger charge is -2.11. The third kappa shape index (κ3) is 3.87. The van der Waals surface area contributed by atoms with Gasteiger partial charge in [0.15, 0.2) is 0 Å². The summed E-state index contributed by atoms with van der Waals surface area (Å²) in [7, 11) is 4.03. The Morgan fingerprint density at radius 1 is 1.44 bits per heavy atom. The van der Waals surface area contributed by atoms with Gasteiger partial charge in [-0.25, -0.2) is 4.39 Å². The Balaban J connectivity index is 2.51. The monoisotopic (exact) mass is 221 g/mol. The van der Waals surface area contributed by atoms with Crippen molar-refractivity contribution >= 4 is 5.69 Å². The van der Waals surface area contributed by atoms with Crippen LogP contribution in [0, 0.1) is 17.1 Å². The molecule has 1 aromatic rings. The summed E-state index contributed by atoms with van der Waals surface area (Å²) in [6.07, 6.45) is 0.981. The number of benzene rings is 1. The van der Waals surface area contributed by atoms with Crippen molar-refractivity contribution < 1.29 is 4.39 Å². The molecule has 0 spiro atoms. The zero-order chi connectivity index (χ0) is 12.0. The van der Waals surface area contributed by atoms with Crippen LogP contribution in [-0.4, -0.2) is 32.1 Å². The van der Waals surface area contributed by atoms with Crippen LogP contribution in [0.3, 0.4) is 0 Å². The lowest BCUT2D eigenvalue weighted by atomic mass is 10.2. The van der Waals surface area contributed by atoms with Gasteiger partial charge in [-0.3, -0.25) is 0 Å². The van der Waals surface area contributed by atoms with Crippen LogP contribution in [0.4, 0.5) is 10.1 Å². The number of nitriles is 1. The van der Waals surface area contributed by atoms with E-state index in [0.29, 0.717) is 11.3 Å². The van der Waals surface area contributed by atoms with Crippen molar-refractivity contribution in [1.82, 2.24) is 4.90 Å². The third-order valence-electron chi connectivity index (χ3n) is 2.20. The molecule has 86 valence electrons. The molecule has 0 radical (unpaired) electrons. The standard InChI is InChI=1S/C12H16FN3/c1-16(2)7-3-6-15-12-5-4-11(13)8-10(12)9-14/h4-5,8,15H,3,6-7H2,1-2H3. The van der Waals surface area contributed by atoms with E-state index in [4.69, 9.17) is 5.26 Å². The van der Waals surface area contributed by atoms with E-state index < -0.39 is 0 Å². The SMILES string of the molecule is CN(C)CCCNc1ccc(F)cc1C#N. The molecule has 0 aliphatic rings. The van der Waals surface area contributed by atoms with Crippen molar-refractivity contribution in [2.75, 3.05) is 32.5 Å². The largest absolute Gasteiger partial charge is 0.384 e. The molecule has 0 unspecified atom stereocenters. The van der Waals surface area contributed by atoms with Crippen molar-refractivity contribution in [3.8, 4) is 6.07 Å². The number of hydrogen-bond donors (Lipinski definition) is 1. The Morgan fingerprint density at radius 3 is 2.81 bits per heavy atom. The topological polar surface area (TPSA) is 39.1 Å². The molecule has 3 nitrogen and oxygen atoms in total. The van der Waals surface area contributed by atoms with E-state index in [1.54, 1.807) is 6.07 Å². The minimum Gasteiger partial charge on any atom is -0.384 e. The van der Waals surface area contributed by atoms with Gasteiger partial charge in [0.05, 0.1) is 11.3 Å². The molecule has 1 aromatic carbocycles. The molecular weight excluding hydrogens is 205 g/mol. The molecule has 16 heavy (non-hydrogen) atoms. The zero-order valence-corrected chi connectivity index (χ0v) is 9.63. The maximum atomic E-state index is 12.8. The molecule has 0 fully saturated rings. The molecule has 0 bridgehead atoms. The molecule has 0 amide bonds. The van der Waals surface area contributed by atoms with E-state index in [9.17, 15) is 4.39 Å². The number of nitrogens with one attached hydrogen (secondary N) is 1. The van der Waals surface area contributed by atoms with Crippen LogP contribution in [0.5, 0.6) is 0 Å². The average molecular weight is 221 g/mol. The van der Waals surface area contributed by atoms with Crippen LogP contribution < -0.4 is 5.32 Å². The average Bonchev–Trinajstić information content (AvgIpc) is 2.25. The summed E-state index contributed by atoms with van der Waals surface area (Å²) in [5, 5.41) is 12.0. The summed E-state index contributed by atoms with van der Waals surface area (Å²) in [4.78, 5) is 2.09. The summed E-state index contributed by atoms with van der Waals surface area (Å²) in [5.41, 5.74) is 1.05. The highest BCUT2D eigenvalue weighted by atomic mass is 19.1. The van der Waals surface area contributed by atoms with Crippen LogP contribution in [0.15, 0.2) is 18.2 Å².